The minimum absolute atomic E-state index is 0.938. The van der Waals surface area contributed by atoms with Crippen molar-refractivity contribution in [2.75, 3.05) is 0 Å². The molecule has 0 spiro atoms. The average molecular weight is 417 g/mol. The van der Waals surface area contributed by atoms with E-state index in [1.165, 1.54) is 107 Å². The molecule has 1 saturated carbocycles. The standard InChI is InChI=1S/C31H44/c1-3-5-7-9-25-12-16-27(17-13-25)29-19-21-30-22-28(18-20-31(30)23-29)26-14-10-24(11-15-26)8-6-4-2/h12-13,16-17,19,21,23-24,26,28H,3-11,14-15,18,20,22H2,1-2H3. The quantitative estimate of drug-likeness (QED) is 0.357. The van der Waals surface area contributed by atoms with E-state index in [2.05, 4.69) is 56.3 Å². The van der Waals surface area contributed by atoms with Gasteiger partial charge in [-0.15, -0.1) is 0 Å². The molecule has 0 nitrogen and oxygen atoms in total. The van der Waals surface area contributed by atoms with E-state index >= 15 is 0 Å². The van der Waals surface area contributed by atoms with Gasteiger partial charge in [0.2, 0.25) is 0 Å². The van der Waals surface area contributed by atoms with E-state index in [1.807, 2.05) is 0 Å². The first-order valence-electron chi connectivity index (χ1n) is 13.5. The van der Waals surface area contributed by atoms with Crippen molar-refractivity contribution in [1.82, 2.24) is 0 Å². The SMILES string of the molecule is CCCCCc1ccc(-c2ccc3c(c2)CCC(C2CCC(CCCC)CC2)C3)cc1. The summed E-state index contributed by atoms with van der Waals surface area (Å²) in [5.41, 5.74) is 7.55. The molecule has 0 heteroatoms. The molecular formula is C31H44. The van der Waals surface area contributed by atoms with Crippen LogP contribution in [0.3, 0.4) is 0 Å². The van der Waals surface area contributed by atoms with Crippen LogP contribution in [-0.4, -0.2) is 0 Å². The van der Waals surface area contributed by atoms with E-state index in [1.54, 1.807) is 11.1 Å². The van der Waals surface area contributed by atoms with Gasteiger partial charge in [0.05, 0.1) is 0 Å². The Hall–Kier alpha value is -1.56. The summed E-state index contributed by atoms with van der Waals surface area (Å²) in [5, 5.41) is 0. The monoisotopic (exact) mass is 416 g/mol. The molecule has 0 heterocycles. The number of rotatable bonds is 9. The van der Waals surface area contributed by atoms with Crippen molar-refractivity contribution < 1.29 is 0 Å². The van der Waals surface area contributed by atoms with Gasteiger partial charge in [-0.2, -0.15) is 0 Å². The van der Waals surface area contributed by atoms with Crippen LogP contribution in [0.5, 0.6) is 0 Å². The second-order valence-electron chi connectivity index (χ2n) is 10.6. The number of hydrogen-bond donors (Lipinski definition) is 0. The van der Waals surface area contributed by atoms with Gasteiger partial charge in [0, 0.05) is 0 Å². The summed E-state index contributed by atoms with van der Waals surface area (Å²) in [6.45, 7) is 4.61. The van der Waals surface area contributed by atoms with E-state index in [4.69, 9.17) is 0 Å². The van der Waals surface area contributed by atoms with Crippen molar-refractivity contribution in [3.63, 3.8) is 0 Å². The van der Waals surface area contributed by atoms with E-state index in [0.717, 1.165) is 17.8 Å². The van der Waals surface area contributed by atoms with Crippen LogP contribution in [0.25, 0.3) is 11.1 Å². The highest BCUT2D eigenvalue weighted by molar-refractivity contribution is 5.65. The third-order valence-electron chi connectivity index (χ3n) is 8.35. The lowest BCUT2D eigenvalue weighted by Gasteiger charge is -2.36. The molecule has 1 unspecified atom stereocenters. The lowest BCUT2D eigenvalue weighted by atomic mass is 9.69. The first-order chi connectivity index (χ1) is 15.3. The largest absolute Gasteiger partial charge is 0.0654 e. The van der Waals surface area contributed by atoms with Gasteiger partial charge in [0.25, 0.3) is 0 Å². The maximum absolute atomic E-state index is 2.50. The summed E-state index contributed by atoms with van der Waals surface area (Å²) < 4.78 is 0. The smallest absolute Gasteiger partial charge is 0.0181 e. The zero-order chi connectivity index (χ0) is 21.5. The van der Waals surface area contributed by atoms with Gasteiger partial charge >= 0.3 is 0 Å². The van der Waals surface area contributed by atoms with Crippen LogP contribution in [0.2, 0.25) is 0 Å². The maximum atomic E-state index is 2.50. The fourth-order valence-electron chi connectivity index (χ4n) is 6.25. The van der Waals surface area contributed by atoms with Crippen molar-refractivity contribution in [2.24, 2.45) is 17.8 Å². The molecule has 31 heavy (non-hydrogen) atoms. The van der Waals surface area contributed by atoms with Gasteiger partial charge in [0.15, 0.2) is 0 Å². The molecular weight excluding hydrogens is 372 g/mol. The molecule has 2 aliphatic carbocycles. The van der Waals surface area contributed by atoms with Crippen LogP contribution in [-0.2, 0) is 19.3 Å². The van der Waals surface area contributed by atoms with Crippen LogP contribution in [0.1, 0.15) is 101 Å². The molecule has 1 fully saturated rings. The lowest BCUT2D eigenvalue weighted by molar-refractivity contribution is 0.183. The maximum Gasteiger partial charge on any atom is -0.0181 e. The molecule has 168 valence electrons. The average Bonchev–Trinajstić information content (AvgIpc) is 2.83. The zero-order valence-corrected chi connectivity index (χ0v) is 20.2. The Kier molecular flexibility index (Phi) is 8.28. The summed E-state index contributed by atoms with van der Waals surface area (Å²) in [7, 11) is 0. The Labute approximate surface area is 191 Å². The number of aryl methyl sites for hydroxylation is 2. The number of unbranched alkanes of at least 4 members (excludes halogenated alkanes) is 3. The summed E-state index contributed by atoms with van der Waals surface area (Å²) in [5.74, 6) is 2.96. The van der Waals surface area contributed by atoms with Crippen molar-refractivity contribution in [2.45, 2.75) is 104 Å². The molecule has 0 N–H and O–H groups in total. The second-order valence-corrected chi connectivity index (χ2v) is 10.6. The Balaban J connectivity index is 1.34. The van der Waals surface area contributed by atoms with Crippen LogP contribution in [0, 0.1) is 17.8 Å². The van der Waals surface area contributed by atoms with Gasteiger partial charge in [-0.3, -0.25) is 0 Å². The van der Waals surface area contributed by atoms with Crippen molar-refractivity contribution in [3.8, 4) is 11.1 Å². The van der Waals surface area contributed by atoms with Crippen LogP contribution < -0.4 is 0 Å². The molecule has 0 aromatic heterocycles. The Morgan fingerprint density at radius 3 is 2.16 bits per heavy atom. The molecule has 0 aliphatic heterocycles. The Morgan fingerprint density at radius 2 is 1.42 bits per heavy atom. The minimum Gasteiger partial charge on any atom is -0.0654 e. The molecule has 0 amide bonds. The Morgan fingerprint density at radius 1 is 0.677 bits per heavy atom. The fourth-order valence-corrected chi connectivity index (χ4v) is 6.25. The molecule has 0 bridgehead atoms. The van der Waals surface area contributed by atoms with Crippen molar-refractivity contribution in [3.05, 3.63) is 59.2 Å². The molecule has 2 aromatic rings. The normalized spacial score (nSPS) is 23.5. The topological polar surface area (TPSA) is 0 Å². The minimum atomic E-state index is 0.938. The summed E-state index contributed by atoms with van der Waals surface area (Å²) in [6, 6.07) is 16.7. The highest BCUT2D eigenvalue weighted by atomic mass is 14.3. The number of fused-ring (bicyclic) bond motifs is 1. The molecule has 0 saturated heterocycles. The predicted octanol–water partition coefficient (Wildman–Crippen LogP) is 9.19. The molecule has 4 rings (SSSR count). The van der Waals surface area contributed by atoms with Gasteiger partial charge in [-0.05, 0) is 90.5 Å². The lowest BCUT2D eigenvalue weighted by Crippen LogP contribution is -2.26. The first-order valence-corrected chi connectivity index (χ1v) is 13.5. The molecule has 0 radical (unpaired) electrons. The van der Waals surface area contributed by atoms with Crippen molar-refractivity contribution in [1.29, 1.82) is 0 Å². The van der Waals surface area contributed by atoms with E-state index < -0.39 is 0 Å². The van der Waals surface area contributed by atoms with Crippen molar-refractivity contribution >= 4 is 0 Å². The van der Waals surface area contributed by atoms with Gasteiger partial charge < -0.3 is 0 Å². The summed E-state index contributed by atoms with van der Waals surface area (Å²) >= 11 is 0. The zero-order valence-electron chi connectivity index (χ0n) is 20.2. The molecule has 1 atom stereocenters. The Bertz CT molecular complexity index is 791. The number of hydrogen-bond acceptors (Lipinski definition) is 0. The van der Waals surface area contributed by atoms with E-state index in [0.29, 0.717) is 0 Å². The van der Waals surface area contributed by atoms with Gasteiger partial charge in [-0.1, -0.05) is 101 Å². The van der Waals surface area contributed by atoms with Gasteiger partial charge in [0.1, 0.15) is 0 Å². The van der Waals surface area contributed by atoms with Crippen LogP contribution in [0.4, 0.5) is 0 Å². The third-order valence-corrected chi connectivity index (χ3v) is 8.35. The molecule has 2 aromatic carbocycles. The highest BCUT2D eigenvalue weighted by Crippen LogP contribution is 2.41. The highest BCUT2D eigenvalue weighted by Gasteiger charge is 2.30. The summed E-state index contributed by atoms with van der Waals surface area (Å²) in [6.07, 6.45) is 19.5. The second kappa shape index (κ2) is 11.3. The van der Waals surface area contributed by atoms with E-state index in [-0.39, 0.29) is 0 Å². The van der Waals surface area contributed by atoms with Gasteiger partial charge in [-0.25, -0.2) is 0 Å². The summed E-state index contributed by atoms with van der Waals surface area (Å²) in [4.78, 5) is 0. The van der Waals surface area contributed by atoms with E-state index in [9.17, 15) is 0 Å². The number of benzene rings is 2. The van der Waals surface area contributed by atoms with Crippen LogP contribution in [0.15, 0.2) is 42.5 Å². The first kappa shape index (κ1) is 22.6. The third kappa shape index (κ3) is 6.03. The predicted molar refractivity (Wildman–Crippen MR) is 136 cm³/mol. The fraction of sp³-hybridized carbons (Fsp3) is 0.613. The molecule has 2 aliphatic rings. The van der Waals surface area contributed by atoms with Crippen LogP contribution >= 0.6 is 0 Å².